The zero-order chi connectivity index (χ0) is 32.8. The van der Waals surface area contributed by atoms with E-state index >= 15 is 0 Å². The molecule has 242 valence electrons. The van der Waals surface area contributed by atoms with Gasteiger partial charge in [-0.15, -0.1) is 0 Å². The fourth-order valence-electron chi connectivity index (χ4n) is 4.88. The molecule has 11 nitrogen and oxygen atoms in total. The van der Waals surface area contributed by atoms with Crippen LogP contribution in [0.25, 0.3) is 0 Å². The van der Waals surface area contributed by atoms with Gasteiger partial charge in [-0.3, -0.25) is 14.4 Å². The largest absolute Gasteiger partial charge is 0.467 e. The van der Waals surface area contributed by atoms with Crippen molar-refractivity contribution in [2.45, 2.75) is 70.1 Å². The van der Waals surface area contributed by atoms with Crippen LogP contribution in [0.4, 0.5) is 9.18 Å². The minimum absolute atomic E-state index is 0.121. The number of hydrogen-bond donors (Lipinski definition) is 5. The van der Waals surface area contributed by atoms with Crippen molar-refractivity contribution < 1.29 is 33.1 Å². The van der Waals surface area contributed by atoms with Gasteiger partial charge in [0.05, 0.1) is 13.2 Å². The lowest BCUT2D eigenvalue weighted by Crippen LogP contribution is -2.58. The van der Waals surface area contributed by atoms with Gasteiger partial charge in [0.1, 0.15) is 23.9 Å². The van der Waals surface area contributed by atoms with E-state index in [2.05, 4.69) is 26.6 Å². The summed E-state index contributed by atoms with van der Waals surface area (Å²) in [5, 5.41) is 13.7. The van der Waals surface area contributed by atoms with Crippen LogP contribution in [0.5, 0.6) is 0 Å². The van der Waals surface area contributed by atoms with Gasteiger partial charge in [0, 0.05) is 19.0 Å². The third-order valence-electron chi connectivity index (χ3n) is 7.32. The number of methoxy groups -OCH3 is 1. The van der Waals surface area contributed by atoms with Gasteiger partial charge in [0.25, 0.3) is 0 Å². The van der Waals surface area contributed by atoms with Crippen molar-refractivity contribution in [3.05, 3.63) is 83.7 Å². The molecule has 0 unspecified atom stereocenters. The maximum absolute atomic E-state index is 13.8. The lowest BCUT2D eigenvalue weighted by molar-refractivity contribution is -0.144. The molecule has 0 saturated heterocycles. The maximum atomic E-state index is 13.8. The smallest absolute Gasteiger partial charge is 0.328 e. The summed E-state index contributed by atoms with van der Waals surface area (Å²) in [6, 6.07) is 10.6. The maximum Gasteiger partial charge on any atom is 0.328 e. The first-order valence-electron chi connectivity index (χ1n) is 15.1. The van der Waals surface area contributed by atoms with E-state index in [1.54, 1.807) is 26.0 Å². The average Bonchev–Trinajstić information content (AvgIpc) is 3.00. The molecule has 2 aromatic rings. The molecule has 4 atom stereocenters. The molecule has 45 heavy (non-hydrogen) atoms. The van der Waals surface area contributed by atoms with Gasteiger partial charge in [-0.1, -0.05) is 62.4 Å². The van der Waals surface area contributed by atoms with E-state index in [9.17, 15) is 28.4 Å². The van der Waals surface area contributed by atoms with Gasteiger partial charge in [0.15, 0.2) is 0 Å². The Hall–Kier alpha value is -4.74. The summed E-state index contributed by atoms with van der Waals surface area (Å²) in [4.78, 5) is 64.7. The third kappa shape index (κ3) is 11.7. The lowest BCUT2D eigenvalue weighted by atomic mass is 10.0. The van der Waals surface area contributed by atoms with Gasteiger partial charge in [-0.05, 0) is 54.9 Å². The van der Waals surface area contributed by atoms with E-state index in [0.717, 1.165) is 5.56 Å². The second kappa shape index (κ2) is 17.5. The summed E-state index contributed by atoms with van der Waals surface area (Å²) in [6.07, 6.45) is 4.56. The van der Waals surface area contributed by atoms with Crippen LogP contribution in [0.1, 0.15) is 44.2 Å². The van der Waals surface area contributed by atoms with Crippen molar-refractivity contribution in [1.82, 2.24) is 26.6 Å². The normalized spacial score (nSPS) is 18.7. The number of halogens is 1. The van der Waals surface area contributed by atoms with Crippen LogP contribution in [0.2, 0.25) is 0 Å². The van der Waals surface area contributed by atoms with Crippen molar-refractivity contribution in [2.24, 2.45) is 5.92 Å². The Morgan fingerprint density at radius 2 is 1.73 bits per heavy atom. The van der Waals surface area contributed by atoms with Crippen LogP contribution in [0.3, 0.4) is 0 Å². The average molecular weight is 624 g/mol. The number of ether oxygens (including phenoxy) is 1. The molecule has 3 rings (SSSR count). The molecule has 0 saturated carbocycles. The molecule has 0 spiro atoms. The summed E-state index contributed by atoms with van der Waals surface area (Å²) >= 11 is 0. The predicted molar refractivity (Wildman–Crippen MR) is 166 cm³/mol. The Labute approximate surface area is 262 Å². The van der Waals surface area contributed by atoms with Crippen molar-refractivity contribution in [3.63, 3.8) is 0 Å². The van der Waals surface area contributed by atoms with Crippen LogP contribution in [0, 0.1) is 11.7 Å². The van der Waals surface area contributed by atoms with Crippen molar-refractivity contribution in [1.29, 1.82) is 0 Å². The molecule has 5 N–H and O–H groups in total. The van der Waals surface area contributed by atoms with Gasteiger partial charge < -0.3 is 31.3 Å². The standard InChI is InChI=1S/C33H42FN5O6/c1-21(2)29(32(43)45-3)39-33(44)38-27(20-22-10-5-4-6-11-22)31(42)37-26-14-7-8-17-35-28(40)16-15-25(36-30(26)41)19-23-12-9-13-24(34)18-23/h4-6,9-13,15-16,18,21,25-27,29H,7-8,14,17,19-20H2,1-3H3,(H,35,40)(H,36,41)(H,37,42)(H2,38,39,44)/t25-,26+,27+,29+/m1/s1. The molecular weight excluding hydrogens is 581 g/mol. The summed E-state index contributed by atoms with van der Waals surface area (Å²) in [5.74, 6) is -2.70. The number of amides is 5. The third-order valence-corrected chi connectivity index (χ3v) is 7.32. The Morgan fingerprint density at radius 1 is 1.00 bits per heavy atom. The quantitative estimate of drug-likeness (QED) is 0.256. The van der Waals surface area contributed by atoms with Crippen molar-refractivity contribution in [3.8, 4) is 0 Å². The molecular formula is C33H42FN5O6. The molecule has 1 aliphatic rings. The first kappa shape index (κ1) is 34.7. The molecule has 1 aliphatic heterocycles. The SMILES string of the molecule is COC(=O)[C@@H](NC(=O)N[C@@H](Cc1ccccc1)C(=O)N[C@H]1CCCCNC(=O)C=C[C@H](Cc2cccc(F)c2)NC1=O)C(C)C. The number of urea groups is 1. The number of nitrogens with one attached hydrogen (secondary N) is 5. The van der Waals surface area contributed by atoms with Crippen LogP contribution in [-0.2, 0) is 36.8 Å². The lowest BCUT2D eigenvalue weighted by Gasteiger charge is -2.26. The van der Waals surface area contributed by atoms with E-state index in [0.29, 0.717) is 24.9 Å². The van der Waals surface area contributed by atoms with E-state index in [4.69, 9.17) is 4.74 Å². The number of esters is 1. The molecule has 0 fully saturated rings. The zero-order valence-corrected chi connectivity index (χ0v) is 25.8. The van der Waals surface area contributed by atoms with E-state index in [1.165, 1.54) is 31.4 Å². The molecule has 12 heteroatoms. The zero-order valence-electron chi connectivity index (χ0n) is 25.8. The van der Waals surface area contributed by atoms with Gasteiger partial charge in [-0.25, -0.2) is 14.0 Å². The molecule has 5 amide bonds. The highest BCUT2D eigenvalue weighted by atomic mass is 19.1. The highest BCUT2D eigenvalue weighted by molar-refractivity contribution is 5.93. The number of rotatable bonds is 10. The summed E-state index contributed by atoms with van der Waals surface area (Å²) in [7, 11) is 1.23. The molecule has 0 radical (unpaired) electrons. The summed E-state index contributed by atoms with van der Waals surface area (Å²) < 4.78 is 18.6. The summed E-state index contributed by atoms with van der Waals surface area (Å²) in [5.41, 5.74) is 1.38. The highest BCUT2D eigenvalue weighted by Crippen LogP contribution is 2.11. The first-order chi connectivity index (χ1) is 21.5. The first-order valence-corrected chi connectivity index (χ1v) is 15.1. The second-order valence-corrected chi connectivity index (χ2v) is 11.3. The molecule has 2 aromatic carbocycles. The van der Waals surface area contributed by atoms with E-state index in [1.807, 2.05) is 30.3 Å². The minimum atomic E-state index is -1.09. The van der Waals surface area contributed by atoms with Crippen molar-refractivity contribution in [2.75, 3.05) is 13.7 Å². The number of carbonyl (C=O) groups excluding carboxylic acids is 5. The fourth-order valence-corrected chi connectivity index (χ4v) is 4.88. The summed E-state index contributed by atoms with van der Waals surface area (Å²) in [6.45, 7) is 3.89. The topological polar surface area (TPSA) is 155 Å². The molecule has 0 aromatic heterocycles. The Bertz CT molecular complexity index is 1350. The monoisotopic (exact) mass is 623 g/mol. The number of benzene rings is 2. The number of hydrogen-bond acceptors (Lipinski definition) is 6. The van der Waals surface area contributed by atoms with Crippen LogP contribution in [0.15, 0.2) is 66.7 Å². The highest BCUT2D eigenvalue weighted by Gasteiger charge is 2.30. The van der Waals surface area contributed by atoms with E-state index in [-0.39, 0.29) is 31.1 Å². The predicted octanol–water partition coefficient (Wildman–Crippen LogP) is 2.30. The molecule has 0 aliphatic carbocycles. The molecule has 1 heterocycles. The van der Waals surface area contributed by atoms with Gasteiger partial charge in [-0.2, -0.15) is 0 Å². The van der Waals surface area contributed by atoms with Crippen molar-refractivity contribution >= 4 is 29.7 Å². The van der Waals surface area contributed by atoms with Crippen LogP contribution in [-0.4, -0.2) is 67.5 Å². The fraction of sp³-hybridized carbons (Fsp3) is 0.424. The second-order valence-electron chi connectivity index (χ2n) is 11.3. The van der Waals surface area contributed by atoms with Gasteiger partial charge in [0.2, 0.25) is 17.7 Å². The van der Waals surface area contributed by atoms with Crippen LogP contribution < -0.4 is 26.6 Å². The Kier molecular flexibility index (Phi) is 13.5. The Morgan fingerprint density at radius 3 is 2.42 bits per heavy atom. The van der Waals surface area contributed by atoms with Gasteiger partial charge >= 0.3 is 12.0 Å². The van der Waals surface area contributed by atoms with E-state index < -0.39 is 53.8 Å². The van der Waals surface area contributed by atoms with Crippen LogP contribution >= 0.6 is 0 Å². The minimum Gasteiger partial charge on any atom is -0.467 e. The molecule has 0 bridgehead atoms. The Balaban J connectivity index is 1.81. The number of carbonyl (C=O) groups is 5.